The third-order valence-electron chi connectivity index (χ3n) is 5.75. The standard InChI is InChI=1S/C15H21NO2/c1-9-11(7-10-8-12(9)15(10,2)3)14(18)16-6-4-5-13(16)17/h4-5,9-12H,6-8H2,1-3H3/t9-,10+,11?,12+/m0/s1. The smallest absolute Gasteiger partial charge is 0.253 e. The van der Waals surface area contributed by atoms with E-state index in [2.05, 4.69) is 20.8 Å². The fraction of sp³-hybridized carbons (Fsp3) is 0.733. The zero-order valence-electron chi connectivity index (χ0n) is 11.3. The van der Waals surface area contributed by atoms with Crippen LogP contribution in [0.4, 0.5) is 0 Å². The minimum atomic E-state index is -0.134. The summed E-state index contributed by atoms with van der Waals surface area (Å²) in [6.07, 6.45) is 5.52. The summed E-state index contributed by atoms with van der Waals surface area (Å²) < 4.78 is 0. The summed E-state index contributed by atoms with van der Waals surface area (Å²) in [5.74, 6) is 1.71. The second-order valence-corrected chi connectivity index (χ2v) is 6.75. The molecule has 2 bridgehead atoms. The Kier molecular flexibility index (Phi) is 2.45. The maximum absolute atomic E-state index is 12.5. The third kappa shape index (κ3) is 1.42. The Bertz CT molecular complexity index is 438. The number of carbonyl (C=O) groups excluding carboxylic acids is 2. The minimum Gasteiger partial charge on any atom is -0.275 e. The molecule has 3 aliphatic carbocycles. The van der Waals surface area contributed by atoms with Gasteiger partial charge in [0.1, 0.15) is 0 Å². The monoisotopic (exact) mass is 247 g/mol. The number of nitrogens with zero attached hydrogens (tertiary/aromatic N) is 1. The number of hydrogen-bond donors (Lipinski definition) is 0. The lowest BCUT2D eigenvalue weighted by Gasteiger charge is -2.61. The van der Waals surface area contributed by atoms with Crippen molar-refractivity contribution in [2.45, 2.75) is 33.6 Å². The SMILES string of the molecule is C[C@H]1C(C(=O)N2CC=CC2=O)C[C@@H]2C[C@H]1C2(C)C. The van der Waals surface area contributed by atoms with Gasteiger partial charge in [0.15, 0.2) is 0 Å². The van der Waals surface area contributed by atoms with Crippen molar-refractivity contribution in [3.05, 3.63) is 12.2 Å². The van der Waals surface area contributed by atoms with E-state index in [9.17, 15) is 9.59 Å². The van der Waals surface area contributed by atoms with Gasteiger partial charge in [-0.25, -0.2) is 0 Å². The molecule has 0 aromatic heterocycles. The molecule has 2 amide bonds. The molecular weight excluding hydrogens is 226 g/mol. The van der Waals surface area contributed by atoms with Gasteiger partial charge in [-0.05, 0) is 36.0 Å². The first kappa shape index (κ1) is 11.9. The van der Waals surface area contributed by atoms with E-state index in [0.717, 1.165) is 6.42 Å². The fourth-order valence-corrected chi connectivity index (χ4v) is 4.31. The quantitative estimate of drug-likeness (QED) is 0.666. The summed E-state index contributed by atoms with van der Waals surface area (Å²) in [7, 11) is 0. The summed E-state index contributed by atoms with van der Waals surface area (Å²) in [5, 5.41) is 0. The first-order valence-corrected chi connectivity index (χ1v) is 6.94. The molecule has 0 aromatic carbocycles. The van der Waals surface area contributed by atoms with Gasteiger partial charge < -0.3 is 0 Å². The Hall–Kier alpha value is -1.12. The van der Waals surface area contributed by atoms with Crippen LogP contribution in [0.2, 0.25) is 0 Å². The van der Waals surface area contributed by atoms with Crippen LogP contribution in [-0.4, -0.2) is 23.3 Å². The fourth-order valence-electron chi connectivity index (χ4n) is 4.31. The lowest BCUT2D eigenvalue weighted by molar-refractivity contribution is -0.164. The van der Waals surface area contributed by atoms with Crippen LogP contribution in [0.25, 0.3) is 0 Å². The molecule has 1 aliphatic heterocycles. The summed E-state index contributed by atoms with van der Waals surface area (Å²) in [5.41, 5.74) is 0.392. The summed E-state index contributed by atoms with van der Waals surface area (Å²) in [6.45, 7) is 7.31. The van der Waals surface area contributed by atoms with Crippen molar-refractivity contribution < 1.29 is 9.59 Å². The molecule has 1 heterocycles. The maximum atomic E-state index is 12.5. The van der Waals surface area contributed by atoms with E-state index >= 15 is 0 Å². The minimum absolute atomic E-state index is 0.0581. The molecular formula is C15H21NO2. The molecule has 3 nitrogen and oxygen atoms in total. The van der Waals surface area contributed by atoms with Crippen molar-refractivity contribution in [1.82, 2.24) is 4.90 Å². The normalized spacial score (nSPS) is 40.8. The molecule has 4 aliphatic rings. The predicted octanol–water partition coefficient (Wildman–Crippen LogP) is 2.23. The van der Waals surface area contributed by atoms with Crippen LogP contribution in [0.15, 0.2) is 12.2 Å². The molecule has 98 valence electrons. The number of imide groups is 1. The van der Waals surface area contributed by atoms with Crippen LogP contribution >= 0.6 is 0 Å². The van der Waals surface area contributed by atoms with Crippen molar-refractivity contribution in [1.29, 1.82) is 0 Å². The van der Waals surface area contributed by atoms with Crippen molar-refractivity contribution in [2.75, 3.05) is 6.54 Å². The van der Waals surface area contributed by atoms with Gasteiger partial charge >= 0.3 is 0 Å². The molecule has 18 heavy (non-hydrogen) atoms. The predicted molar refractivity (Wildman–Crippen MR) is 68.5 cm³/mol. The highest BCUT2D eigenvalue weighted by Crippen LogP contribution is 2.63. The second kappa shape index (κ2) is 3.69. The molecule has 0 aromatic rings. The van der Waals surface area contributed by atoms with Gasteiger partial charge in [-0.1, -0.05) is 26.8 Å². The number of fused-ring (bicyclic) bond motifs is 2. The zero-order valence-corrected chi connectivity index (χ0v) is 11.3. The van der Waals surface area contributed by atoms with Crippen molar-refractivity contribution >= 4 is 11.8 Å². The van der Waals surface area contributed by atoms with E-state index in [1.807, 2.05) is 0 Å². The van der Waals surface area contributed by atoms with Crippen LogP contribution in [0.3, 0.4) is 0 Å². The number of carbonyl (C=O) groups is 2. The molecule has 3 heteroatoms. The van der Waals surface area contributed by atoms with E-state index in [1.165, 1.54) is 17.4 Å². The van der Waals surface area contributed by atoms with Crippen LogP contribution in [-0.2, 0) is 9.59 Å². The van der Waals surface area contributed by atoms with E-state index in [1.54, 1.807) is 6.08 Å². The average Bonchev–Trinajstić information content (AvgIpc) is 2.74. The Balaban J connectivity index is 1.75. The average molecular weight is 247 g/mol. The van der Waals surface area contributed by atoms with Crippen LogP contribution < -0.4 is 0 Å². The van der Waals surface area contributed by atoms with Crippen molar-refractivity contribution in [3.63, 3.8) is 0 Å². The first-order chi connectivity index (χ1) is 8.43. The van der Waals surface area contributed by atoms with Gasteiger partial charge in [0.25, 0.3) is 5.91 Å². The lowest BCUT2D eigenvalue weighted by Crippen LogP contribution is -2.58. The van der Waals surface area contributed by atoms with E-state index < -0.39 is 0 Å². The lowest BCUT2D eigenvalue weighted by atomic mass is 9.43. The van der Waals surface area contributed by atoms with Gasteiger partial charge in [0.05, 0.1) is 0 Å². The van der Waals surface area contributed by atoms with Crippen molar-refractivity contribution in [3.8, 4) is 0 Å². The van der Waals surface area contributed by atoms with Crippen LogP contribution in [0.1, 0.15) is 33.6 Å². The molecule has 0 radical (unpaired) electrons. The van der Waals surface area contributed by atoms with Gasteiger partial charge in [-0.2, -0.15) is 0 Å². The topological polar surface area (TPSA) is 37.4 Å². The molecule has 4 rings (SSSR count). The van der Waals surface area contributed by atoms with E-state index in [-0.39, 0.29) is 17.7 Å². The summed E-state index contributed by atoms with van der Waals surface area (Å²) >= 11 is 0. The van der Waals surface area contributed by atoms with E-state index in [4.69, 9.17) is 0 Å². The van der Waals surface area contributed by atoms with Crippen LogP contribution in [0, 0.1) is 29.1 Å². The van der Waals surface area contributed by atoms with Gasteiger partial charge in [-0.15, -0.1) is 0 Å². The summed E-state index contributed by atoms with van der Waals surface area (Å²) in [6, 6.07) is 0. The second-order valence-electron chi connectivity index (χ2n) is 6.75. The number of amides is 2. The Morgan fingerprint density at radius 3 is 2.61 bits per heavy atom. The highest BCUT2D eigenvalue weighted by Gasteiger charge is 2.58. The largest absolute Gasteiger partial charge is 0.275 e. The van der Waals surface area contributed by atoms with Gasteiger partial charge in [0, 0.05) is 18.5 Å². The Morgan fingerprint density at radius 1 is 1.39 bits per heavy atom. The summed E-state index contributed by atoms with van der Waals surface area (Å²) in [4.78, 5) is 25.5. The Morgan fingerprint density at radius 2 is 2.11 bits per heavy atom. The first-order valence-electron chi connectivity index (χ1n) is 6.94. The van der Waals surface area contributed by atoms with Crippen molar-refractivity contribution in [2.24, 2.45) is 29.1 Å². The molecule has 3 saturated carbocycles. The molecule has 0 saturated heterocycles. The highest BCUT2D eigenvalue weighted by molar-refractivity contribution is 6.03. The Labute approximate surface area is 108 Å². The third-order valence-corrected chi connectivity index (χ3v) is 5.75. The van der Waals surface area contributed by atoms with E-state index in [0.29, 0.717) is 29.7 Å². The molecule has 4 atom stereocenters. The molecule has 0 spiro atoms. The highest BCUT2D eigenvalue weighted by atomic mass is 16.2. The number of rotatable bonds is 1. The van der Waals surface area contributed by atoms with Gasteiger partial charge in [0.2, 0.25) is 5.91 Å². The molecule has 3 fully saturated rings. The molecule has 0 N–H and O–H groups in total. The molecule has 1 unspecified atom stereocenters. The number of hydrogen-bond acceptors (Lipinski definition) is 2. The zero-order chi connectivity index (χ0) is 13.1. The van der Waals surface area contributed by atoms with Crippen LogP contribution in [0.5, 0.6) is 0 Å². The maximum Gasteiger partial charge on any atom is 0.253 e. The van der Waals surface area contributed by atoms with Gasteiger partial charge in [-0.3, -0.25) is 14.5 Å².